The number of hydrogen-bond acceptors (Lipinski definition) is 4. The van der Waals surface area contributed by atoms with Crippen molar-refractivity contribution < 1.29 is 10.0 Å². The Morgan fingerprint density at radius 1 is 1.53 bits per heavy atom. The van der Waals surface area contributed by atoms with Gasteiger partial charge < -0.3 is 5.11 Å². The summed E-state index contributed by atoms with van der Waals surface area (Å²) in [6, 6.07) is 4.92. The van der Waals surface area contributed by atoms with Crippen LogP contribution < -0.4 is 0 Å². The second-order valence-corrected chi connectivity index (χ2v) is 5.38. The minimum atomic E-state index is -0.460. The second-order valence-electron chi connectivity index (χ2n) is 4.97. The number of nitrogens with zero attached hydrogens (tertiary/aromatic N) is 2. The van der Waals surface area contributed by atoms with Crippen LogP contribution >= 0.6 is 11.6 Å². The molecular weight excluding hydrogens is 268 g/mol. The van der Waals surface area contributed by atoms with E-state index >= 15 is 0 Å². The number of hydrogen-bond donors (Lipinski definition) is 1. The van der Waals surface area contributed by atoms with Crippen LogP contribution in [0.1, 0.15) is 18.4 Å². The van der Waals surface area contributed by atoms with Crippen LogP contribution in [0.5, 0.6) is 0 Å². The standard InChI is InChI=1S/C13H17ClN2O3/c14-12-4-3-10(6-13(12)16(18)19)7-15-5-1-2-11(8-15)9-17/h3-4,6,11,17H,1-2,5,7-9H2. The minimum Gasteiger partial charge on any atom is -0.396 e. The van der Waals surface area contributed by atoms with E-state index in [1.807, 2.05) is 6.07 Å². The van der Waals surface area contributed by atoms with Crippen molar-refractivity contribution in [1.29, 1.82) is 0 Å². The van der Waals surface area contributed by atoms with Crippen LogP contribution in [0.25, 0.3) is 0 Å². The monoisotopic (exact) mass is 284 g/mol. The Balaban J connectivity index is 2.06. The van der Waals surface area contributed by atoms with E-state index in [1.165, 1.54) is 6.07 Å². The Kier molecular flexibility index (Phi) is 4.74. The molecule has 19 heavy (non-hydrogen) atoms. The number of nitro groups is 1. The van der Waals surface area contributed by atoms with Gasteiger partial charge in [-0.3, -0.25) is 15.0 Å². The summed E-state index contributed by atoms with van der Waals surface area (Å²) in [4.78, 5) is 12.6. The van der Waals surface area contributed by atoms with Crippen molar-refractivity contribution in [3.05, 3.63) is 38.9 Å². The largest absolute Gasteiger partial charge is 0.396 e. The van der Waals surface area contributed by atoms with E-state index in [0.717, 1.165) is 31.5 Å². The van der Waals surface area contributed by atoms with Crippen molar-refractivity contribution in [2.24, 2.45) is 5.92 Å². The zero-order valence-corrected chi connectivity index (χ0v) is 11.3. The lowest BCUT2D eigenvalue weighted by Crippen LogP contribution is -2.36. The molecule has 104 valence electrons. The maximum atomic E-state index is 10.8. The molecule has 6 heteroatoms. The molecule has 2 rings (SSSR count). The fraction of sp³-hybridized carbons (Fsp3) is 0.538. The van der Waals surface area contributed by atoms with Crippen molar-refractivity contribution in [3.63, 3.8) is 0 Å². The predicted octanol–water partition coefficient (Wildman–Crippen LogP) is 2.45. The van der Waals surface area contributed by atoms with Gasteiger partial charge in [-0.25, -0.2) is 0 Å². The molecule has 1 N–H and O–H groups in total. The van der Waals surface area contributed by atoms with Crippen molar-refractivity contribution in [2.45, 2.75) is 19.4 Å². The topological polar surface area (TPSA) is 66.6 Å². The lowest BCUT2D eigenvalue weighted by Gasteiger charge is -2.31. The molecule has 1 saturated heterocycles. The van der Waals surface area contributed by atoms with E-state index in [0.29, 0.717) is 12.5 Å². The van der Waals surface area contributed by atoms with E-state index in [2.05, 4.69) is 4.90 Å². The fourth-order valence-electron chi connectivity index (χ4n) is 2.50. The van der Waals surface area contributed by atoms with Gasteiger partial charge in [0.15, 0.2) is 0 Å². The molecule has 1 aliphatic heterocycles. The van der Waals surface area contributed by atoms with E-state index in [9.17, 15) is 15.2 Å². The summed E-state index contributed by atoms with van der Waals surface area (Å²) < 4.78 is 0. The fourth-order valence-corrected chi connectivity index (χ4v) is 2.69. The maximum absolute atomic E-state index is 10.8. The summed E-state index contributed by atoms with van der Waals surface area (Å²) in [7, 11) is 0. The quantitative estimate of drug-likeness (QED) is 0.681. The second kappa shape index (κ2) is 6.32. The molecule has 0 spiro atoms. The molecule has 0 bridgehead atoms. The molecule has 0 amide bonds. The van der Waals surface area contributed by atoms with Gasteiger partial charge in [0.1, 0.15) is 5.02 Å². The molecule has 1 atom stereocenters. The predicted molar refractivity (Wildman–Crippen MR) is 73.2 cm³/mol. The number of benzene rings is 1. The normalized spacial score (nSPS) is 20.4. The third kappa shape index (κ3) is 3.65. The van der Waals surface area contributed by atoms with Crippen LogP contribution in [-0.4, -0.2) is 34.6 Å². The highest BCUT2D eigenvalue weighted by molar-refractivity contribution is 6.32. The molecule has 0 aliphatic carbocycles. The molecular formula is C13H17ClN2O3. The highest BCUT2D eigenvalue weighted by Crippen LogP contribution is 2.26. The van der Waals surface area contributed by atoms with E-state index in [1.54, 1.807) is 6.07 Å². The first-order valence-electron chi connectivity index (χ1n) is 6.36. The first-order chi connectivity index (χ1) is 9.10. The van der Waals surface area contributed by atoms with Crippen molar-refractivity contribution in [3.8, 4) is 0 Å². The lowest BCUT2D eigenvalue weighted by atomic mass is 9.98. The van der Waals surface area contributed by atoms with Gasteiger partial charge in [0.2, 0.25) is 0 Å². The molecule has 1 fully saturated rings. The first-order valence-corrected chi connectivity index (χ1v) is 6.74. The summed E-state index contributed by atoms with van der Waals surface area (Å²) in [6.45, 7) is 2.67. The summed E-state index contributed by atoms with van der Waals surface area (Å²) in [5, 5.41) is 20.2. The summed E-state index contributed by atoms with van der Waals surface area (Å²) in [5.74, 6) is 0.316. The SMILES string of the molecule is O=[N+]([O-])c1cc(CN2CCCC(CO)C2)ccc1Cl. The summed E-state index contributed by atoms with van der Waals surface area (Å²) >= 11 is 5.79. The number of nitro benzene ring substituents is 1. The third-order valence-electron chi connectivity index (χ3n) is 3.47. The smallest absolute Gasteiger partial charge is 0.288 e. The molecule has 0 radical (unpaired) electrons. The van der Waals surface area contributed by atoms with Crippen molar-refractivity contribution in [2.75, 3.05) is 19.7 Å². The number of aliphatic hydroxyl groups is 1. The molecule has 1 aromatic rings. The van der Waals surface area contributed by atoms with Gasteiger partial charge in [-0.1, -0.05) is 17.7 Å². The third-order valence-corrected chi connectivity index (χ3v) is 3.79. The number of rotatable bonds is 4. The van der Waals surface area contributed by atoms with Crippen LogP contribution in [0.3, 0.4) is 0 Å². The highest BCUT2D eigenvalue weighted by atomic mass is 35.5. The van der Waals surface area contributed by atoms with Crippen molar-refractivity contribution in [1.82, 2.24) is 4.90 Å². The van der Waals surface area contributed by atoms with Crippen LogP contribution in [0.15, 0.2) is 18.2 Å². The number of likely N-dealkylation sites (tertiary alicyclic amines) is 1. The van der Waals surface area contributed by atoms with Gasteiger partial charge in [0.05, 0.1) is 4.92 Å². The van der Waals surface area contributed by atoms with Gasteiger partial charge in [-0.2, -0.15) is 0 Å². The Labute approximate surface area is 116 Å². The average Bonchev–Trinajstić information content (AvgIpc) is 2.41. The average molecular weight is 285 g/mol. The van der Waals surface area contributed by atoms with E-state index in [4.69, 9.17) is 11.6 Å². The summed E-state index contributed by atoms with van der Waals surface area (Å²) in [5.41, 5.74) is 0.838. The molecule has 5 nitrogen and oxygen atoms in total. The maximum Gasteiger partial charge on any atom is 0.288 e. The van der Waals surface area contributed by atoms with Crippen LogP contribution in [-0.2, 0) is 6.54 Å². The molecule has 0 aromatic heterocycles. The van der Waals surface area contributed by atoms with Crippen LogP contribution in [0, 0.1) is 16.0 Å². The Bertz CT molecular complexity index is 467. The highest BCUT2D eigenvalue weighted by Gasteiger charge is 2.20. The minimum absolute atomic E-state index is 0.0464. The van der Waals surface area contributed by atoms with E-state index < -0.39 is 4.92 Å². The van der Waals surface area contributed by atoms with Gasteiger partial charge in [-0.15, -0.1) is 0 Å². The number of halogens is 1. The van der Waals surface area contributed by atoms with Crippen LogP contribution in [0.2, 0.25) is 5.02 Å². The number of piperidine rings is 1. The molecule has 1 aliphatic rings. The van der Waals surface area contributed by atoms with Gasteiger partial charge in [0.25, 0.3) is 5.69 Å². The molecule has 1 aromatic carbocycles. The zero-order chi connectivity index (χ0) is 13.8. The van der Waals surface area contributed by atoms with Gasteiger partial charge in [0, 0.05) is 25.8 Å². The first kappa shape index (κ1) is 14.2. The van der Waals surface area contributed by atoms with Crippen molar-refractivity contribution >= 4 is 17.3 Å². The molecule has 1 heterocycles. The van der Waals surface area contributed by atoms with Gasteiger partial charge >= 0.3 is 0 Å². The summed E-state index contributed by atoms with van der Waals surface area (Å²) in [6.07, 6.45) is 2.11. The lowest BCUT2D eigenvalue weighted by molar-refractivity contribution is -0.384. The molecule has 1 unspecified atom stereocenters. The Morgan fingerprint density at radius 3 is 3.00 bits per heavy atom. The Hall–Kier alpha value is -1.17. The zero-order valence-electron chi connectivity index (χ0n) is 10.6. The Morgan fingerprint density at radius 2 is 2.32 bits per heavy atom. The van der Waals surface area contributed by atoms with Crippen LogP contribution in [0.4, 0.5) is 5.69 Å². The van der Waals surface area contributed by atoms with E-state index in [-0.39, 0.29) is 17.3 Å². The molecule has 0 saturated carbocycles. The van der Waals surface area contributed by atoms with Gasteiger partial charge in [-0.05, 0) is 36.9 Å². The number of aliphatic hydroxyl groups excluding tert-OH is 1.